The molecule has 2 heterocycles. The van der Waals surface area contributed by atoms with E-state index >= 15 is 0 Å². The Morgan fingerprint density at radius 1 is 1.60 bits per heavy atom. The van der Waals surface area contributed by atoms with E-state index < -0.39 is 0 Å². The highest BCUT2D eigenvalue weighted by Gasteiger charge is 2.18. The van der Waals surface area contributed by atoms with Crippen LogP contribution in [0.2, 0.25) is 0 Å². The number of rotatable bonds is 4. The molecule has 0 aliphatic rings. The maximum atomic E-state index is 4.16. The molecule has 6 heteroatoms. The van der Waals surface area contributed by atoms with Gasteiger partial charge in [-0.15, -0.1) is 5.10 Å². The van der Waals surface area contributed by atoms with E-state index in [4.69, 9.17) is 0 Å². The number of nitrogens with zero attached hydrogens (tertiary/aromatic N) is 4. The zero-order valence-electron chi connectivity index (χ0n) is 8.71. The quantitative estimate of drug-likeness (QED) is 0.839. The van der Waals surface area contributed by atoms with E-state index in [1.54, 1.807) is 6.20 Å². The normalized spacial score (nSPS) is 12.9. The van der Waals surface area contributed by atoms with Crippen molar-refractivity contribution in [1.82, 2.24) is 24.7 Å². The minimum atomic E-state index is 0.0845. The minimum Gasteiger partial charge on any atom is -0.304 e. The molecule has 15 heavy (non-hydrogen) atoms. The average molecular weight is 223 g/mol. The maximum Gasteiger partial charge on any atom is 0.0986 e. The molecule has 5 nitrogen and oxygen atoms in total. The van der Waals surface area contributed by atoms with Crippen molar-refractivity contribution < 1.29 is 0 Å². The summed E-state index contributed by atoms with van der Waals surface area (Å²) in [6.45, 7) is 2.95. The van der Waals surface area contributed by atoms with Crippen molar-refractivity contribution in [3.8, 4) is 0 Å². The van der Waals surface area contributed by atoms with Gasteiger partial charge in [0, 0.05) is 18.6 Å². The van der Waals surface area contributed by atoms with E-state index in [2.05, 4.69) is 26.9 Å². The Morgan fingerprint density at radius 3 is 3.00 bits per heavy atom. The highest BCUT2D eigenvalue weighted by molar-refractivity contribution is 7.03. The Balaban J connectivity index is 2.32. The number of hydrogen-bond acceptors (Lipinski definition) is 5. The topological polar surface area (TPSA) is 55.6 Å². The lowest BCUT2D eigenvalue weighted by molar-refractivity contribution is 0.561. The predicted molar refractivity (Wildman–Crippen MR) is 58.6 cm³/mol. The Labute approximate surface area is 92.3 Å². The van der Waals surface area contributed by atoms with Crippen LogP contribution in [-0.4, -0.2) is 25.9 Å². The van der Waals surface area contributed by atoms with Gasteiger partial charge in [0.1, 0.15) is 0 Å². The molecule has 2 aromatic rings. The fourth-order valence-electron chi connectivity index (χ4n) is 1.53. The van der Waals surface area contributed by atoms with Gasteiger partial charge in [0.05, 0.1) is 17.4 Å². The van der Waals surface area contributed by atoms with E-state index in [9.17, 15) is 0 Å². The molecule has 2 aromatic heterocycles. The molecule has 0 aliphatic heterocycles. The van der Waals surface area contributed by atoms with Gasteiger partial charge >= 0.3 is 0 Å². The van der Waals surface area contributed by atoms with Crippen LogP contribution in [0.3, 0.4) is 0 Å². The molecule has 1 unspecified atom stereocenters. The van der Waals surface area contributed by atoms with E-state index in [0.717, 1.165) is 17.9 Å². The molecule has 2 rings (SSSR count). The van der Waals surface area contributed by atoms with Crippen LogP contribution in [0.4, 0.5) is 0 Å². The second-order valence-electron chi connectivity index (χ2n) is 3.20. The van der Waals surface area contributed by atoms with Gasteiger partial charge < -0.3 is 5.32 Å². The Bertz CT molecular complexity index is 408. The van der Waals surface area contributed by atoms with E-state index in [0.29, 0.717) is 0 Å². The number of hydrogen-bond donors (Lipinski definition) is 1. The highest BCUT2D eigenvalue weighted by atomic mass is 32.1. The van der Waals surface area contributed by atoms with Crippen LogP contribution in [0.15, 0.2) is 17.6 Å². The van der Waals surface area contributed by atoms with Gasteiger partial charge in [-0.25, -0.2) is 0 Å². The molecule has 0 amide bonds. The molecular weight excluding hydrogens is 210 g/mol. The van der Waals surface area contributed by atoms with Crippen LogP contribution >= 0.6 is 11.5 Å². The molecule has 1 atom stereocenters. The Hall–Kier alpha value is -1.27. The third-order valence-electron chi connectivity index (χ3n) is 2.24. The number of aryl methyl sites for hydroxylation is 1. The number of aromatic nitrogens is 4. The fraction of sp³-hybridized carbons (Fsp3) is 0.444. The van der Waals surface area contributed by atoms with Gasteiger partial charge in [0.15, 0.2) is 0 Å². The predicted octanol–water partition coefficient (Wildman–Crippen LogP) is 0.970. The van der Waals surface area contributed by atoms with E-state index in [1.807, 2.05) is 23.2 Å². The molecule has 0 spiro atoms. The summed E-state index contributed by atoms with van der Waals surface area (Å²) in [6.07, 6.45) is 1.79. The summed E-state index contributed by atoms with van der Waals surface area (Å²) in [7, 11) is 1.93. The Morgan fingerprint density at radius 2 is 2.47 bits per heavy atom. The van der Waals surface area contributed by atoms with Gasteiger partial charge in [0.25, 0.3) is 0 Å². The third-order valence-corrected chi connectivity index (χ3v) is 2.76. The summed E-state index contributed by atoms with van der Waals surface area (Å²) in [4.78, 5) is 0. The smallest absolute Gasteiger partial charge is 0.0986 e. The molecule has 1 N–H and O–H groups in total. The fourth-order valence-corrected chi connectivity index (χ4v) is 2.01. The lowest BCUT2D eigenvalue weighted by atomic mass is 10.1. The van der Waals surface area contributed by atoms with Gasteiger partial charge in [-0.05, 0) is 24.1 Å². The van der Waals surface area contributed by atoms with Crippen molar-refractivity contribution in [2.45, 2.75) is 13.0 Å². The summed E-state index contributed by atoms with van der Waals surface area (Å²) >= 11 is 1.37. The first kappa shape index (κ1) is 10.3. The lowest BCUT2D eigenvalue weighted by Crippen LogP contribution is -2.24. The SMILES string of the molecule is CCNC(c1csnn1)c1ccnn1C. The first-order valence-electron chi connectivity index (χ1n) is 4.81. The van der Waals surface area contributed by atoms with Crippen molar-refractivity contribution in [3.63, 3.8) is 0 Å². The summed E-state index contributed by atoms with van der Waals surface area (Å²) in [5.41, 5.74) is 2.05. The lowest BCUT2D eigenvalue weighted by Gasteiger charge is -2.15. The molecular formula is C9H13N5S. The molecule has 0 saturated heterocycles. The van der Waals surface area contributed by atoms with Gasteiger partial charge in [-0.3, -0.25) is 4.68 Å². The van der Waals surface area contributed by atoms with Crippen LogP contribution in [0, 0.1) is 0 Å². The summed E-state index contributed by atoms with van der Waals surface area (Å²) < 4.78 is 5.74. The maximum absolute atomic E-state index is 4.16. The second-order valence-corrected chi connectivity index (χ2v) is 3.81. The summed E-state index contributed by atoms with van der Waals surface area (Å²) in [5, 5.41) is 13.6. The molecule has 80 valence electrons. The van der Waals surface area contributed by atoms with Crippen molar-refractivity contribution in [2.24, 2.45) is 7.05 Å². The van der Waals surface area contributed by atoms with Crippen molar-refractivity contribution >= 4 is 11.5 Å². The van der Waals surface area contributed by atoms with Gasteiger partial charge in [-0.2, -0.15) is 5.10 Å². The standard InChI is InChI=1S/C9H13N5S/c1-3-10-9(7-6-15-13-12-7)8-4-5-11-14(8)2/h4-6,9-10H,3H2,1-2H3. The van der Waals surface area contributed by atoms with Crippen molar-refractivity contribution in [3.05, 3.63) is 29.0 Å². The molecule has 0 fully saturated rings. The van der Waals surface area contributed by atoms with Crippen LogP contribution in [0.25, 0.3) is 0 Å². The average Bonchev–Trinajstić information content (AvgIpc) is 2.85. The minimum absolute atomic E-state index is 0.0845. The van der Waals surface area contributed by atoms with Gasteiger partial charge in [-0.1, -0.05) is 11.4 Å². The first-order chi connectivity index (χ1) is 7.33. The Kier molecular flexibility index (Phi) is 3.08. The van der Waals surface area contributed by atoms with Crippen LogP contribution in [-0.2, 0) is 7.05 Å². The monoisotopic (exact) mass is 223 g/mol. The molecule has 0 saturated carbocycles. The highest BCUT2D eigenvalue weighted by Crippen LogP contribution is 2.19. The van der Waals surface area contributed by atoms with Crippen LogP contribution in [0.1, 0.15) is 24.4 Å². The molecule has 0 radical (unpaired) electrons. The summed E-state index contributed by atoms with van der Waals surface area (Å²) in [6, 6.07) is 2.08. The first-order valence-corrected chi connectivity index (χ1v) is 5.64. The summed E-state index contributed by atoms with van der Waals surface area (Å²) in [5.74, 6) is 0. The molecule has 0 aromatic carbocycles. The molecule has 0 bridgehead atoms. The zero-order chi connectivity index (χ0) is 10.7. The van der Waals surface area contributed by atoms with Gasteiger partial charge in [0.2, 0.25) is 0 Å². The van der Waals surface area contributed by atoms with Crippen molar-refractivity contribution in [2.75, 3.05) is 6.54 Å². The second kappa shape index (κ2) is 4.50. The van der Waals surface area contributed by atoms with E-state index in [1.165, 1.54) is 11.5 Å². The zero-order valence-corrected chi connectivity index (χ0v) is 9.53. The van der Waals surface area contributed by atoms with Crippen molar-refractivity contribution in [1.29, 1.82) is 0 Å². The third kappa shape index (κ3) is 2.05. The van der Waals surface area contributed by atoms with Crippen LogP contribution in [0.5, 0.6) is 0 Å². The van der Waals surface area contributed by atoms with E-state index in [-0.39, 0.29) is 6.04 Å². The molecule has 0 aliphatic carbocycles. The largest absolute Gasteiger partial charge is 0.304 e. The number of nitrogens with one attached hydrogen (secondary N) is 1. The van der Waals surface area contributed by atoms with Crippen LogP contribution < -0.4 is 5.32 Å².